The second kappa shape index (κ2) is 5.66. The average Bonchev–Trinajstić information content (AvgIpc) is 3.04. The molecule has 1 aromatic heterocycles. The Hall–Kier alpha value is -1.98. The number of aromatic nitrogens is 1. The zero-order chi connectivity index (χ0) is 15.9. The van der Waals surface area contributed by atoms with E-state index in [2.05, 4.69) is 10.3 Å². The first kappa shape index (κ1) is 14.9. The molecule has 3 unspecified atom stereocenters. The second-order valence-corrected chi connectivity index (χ2v) is 6.37. The van der Waals surface area contributed by atoms with Gasteiger partial charge < -0.3 is 10.2 Å². The topological polar surface area (TPSA) is 62.3 Å². The van der Waals surface area contributed by atoms with Crippen molar-refractivity contribution in [3.05, 3.63) is 29.8 Å². The molecule has 0 spiro atoms. The summed E-state index contributed by atoms with van der Waals surface area (Å²) in [6, 6.07) is 1.44. The monoisotopic (exact) mass is 305 g/mol. The predicted octanol–water partition coefficient (Wildman–Crippen LogP) is 1.74. The van der Waals surface area contributed by atoms with Crippen molar-refractivity contribution in [3.8, 4) is 0 Å². The highest BCUT2D eigenvalue weighted by Gasteiger charge is 2.49. The van der Waals surface area contributed by atoms with E-state index in [0.29, 0.717) is 0 Å². The fourth-order valence-corrected chi connectivity index (χ4v) is 3.50. The molecule has 3 rings (SSSR count). The van der Waals surface area contributed by atoms with Gasteiger partial charge in [-0.2, -0.15) is 0 Å². The van der Waals surface area contributed by atoms with Crippen molar-refractivity contribution in [2.45, 2.75) is 51.2 Å². The maximum atomic E-state index is 13.8. The summed E-state index contributed by atoms with van der Waals surface area (Å²) in [7, 11) is 0. The molecule has 3 heterocycles. The quantitative estimate of drug-likeness (QED) is 0.925. The molecule has 118 valence electrons. The highest BCUT2D eigenvalue weighted by Crippen LogP contribution is 2.39. The molecule has 2 amide bonds. The molecule has 1 aromatic rings. The smallest absolute Gasteiger partial charge is 0.257 e. The first-order valence-corrected chi connectivity index (χ1v) is 7.71. The molecule has 5 nitrogen and oxygen atoms in total. The normalized spacial score (nSPS) is 26.5. The lowest BCUT2D eigenvalue weighted by molar-refractivity contribution is -0.124. The van der Waals surface area contributed by atoms with Crippen molar-refractivity contribution >= 4 is 11.8 Å². The molecule has 0 radical (unpaired) electrons. The number of hydrogen-bond donors (Lipinski definition) is 1. The lowest BCUT2D eigenvalue weighted by atomic mass is 9.95. The number of hydrogen-bond acceptors (Lipinski definition) is 3. The van der Waals surface area contributed by atoms with E-state index in [1.807, 2.05) is 13.8 Å². The number of nitrogens with one attached hydrogen (secondary N) is 1. The fraction of sp³-hybridized carbons (Fsp3) is 0.562. The molecule has 2 fully saturated rings. The Morgan fingerprint density at radius 1 is 1.41 bits per heavy atom. The number of rotatable bonds is 3. The van der Waals surface area contributed by atoms with Crippen molar-refractivity contribution < 1.29 is 14.0 Å². The Morgan fingerprint density at radius 3 is 2.86 bits per heavy atom. The number of pyridine rings is 1. The molecule has 0 aliphatic carbocycles. The molecule has 22 heavy (non-hydrogen) atoms. The molecule has 2 bridgehead atoms. The van der Waals surface area contributed by atoms with Crippen LogP contribution in [0.3, 0.4) is 0 Å². The van der Waals surface area contributed by atoms with Gasteiger partial charge >= 0.3 is 0 Å². The molecule has 3 atom stereocenters. The largest absolute Gasteiger partial charge is 0.351 e. The minimum absolute atomic E-state index is 0.0000376. The van der Waals surface area contributed by atoms with E-state index in [1.54, 1.807) is 4.90 Å². The number of fused-ring (bicyclic) bond motifs is 2. The van der Waals surface area contributed by atoms with E-state index in [9.17, 15) is 14.0 Å². The Morgan fingerprint density at radius 2 is 2.18 bits per heavy atom. The average molecular weight is 305 g/mol. The van der Waals surface area contributed by atoms with Crippen LogP contribution in [0.2, 0.25) is 0 Å². The van der Waals surface area contributed by atoms with Crippen molar-refractivity contribution in [2.24, 2.45) is 5.92 Å². The second-order valence-electron chi connectivity index (χ2n) is 6.37. The third-order valence-corrected chi connectivity index (χ3v) is 4.63. The van der Waals surface area contributed by atoms with Gasteiger partial charge in [-0.3, -0.25) is 14.6 Å². The van der Waals surface area contributed by atoms with E-state index in [0.717, 1.165) is 25.5 Å². The van der Waals surface area contributed by atoms with Crippen LogP contribution in [0.15, 0.2) is 18.5 Å². The number of amides is 2. The van der Waals surface area contributed by atoms with Gasteiger partial charge in [-0.15, -0.1) is 0 Å². The predicted molar refractivity (Wildman–Crippen MR) is 78.6 cm³/mol. The van der Waals surface area contributed by atoms with Crippen molar-refractivity contribution in [2.75, 3.05) is 0 Å². The number of halogens is 1. The molecule has 1 N–H and O–H groups in total. The number of carbonyl (C=O) groups is 2. The summed E-state index contributed by atoms with van der Waals surface area (Å²) in [5.74, 6) is -0.976. The van der Waals surface area contributed by atoms with E-state index < -0.39 is 5.82 Å². The SMILES string of the molecule is CC(C)C(=O)NC1CC2CCC1N2C(=O)c1ccncc1F. The Kier molecular flexibility index (Phi) is 3.85. The van der Waals surface area contributed by atoms with Crippen LogP contribution in [0.4, 0.5) is 4.39 Å². The van der Waals surface area contributed by atoms with Crippen LogP contribution in [0.25, 0.3) is 0 Å². The van der Waals surface area contributed by atoms with E-state index >= 15 is 0 Å². The Labute approximate surface area is 128 Å². The minimum atomic E-state index is -0.596. The van der Waals surface area contributed by atoms with Crippen LogP contribution in [0.1, 0.15) is 43.5 Å². The van der Waals surface area contributed by atoms with Gasteiger partial charge in [0.2, 0.25) is 5.91 Å². The third kappa shape index (κ3) is 2.46. The number of nitrogens with zero attached hydrogens (tertiary/aromatic N) is 2. The van der Waals surface area contributed by atoms with E-state index in [4.69, 9.17) is 0 Å². The zero-order valence-electron chi connectivity index (χ0n) is 12.8. The van der Waals surface area contributed by atoms with Gasteiger partial charge in [-0.25, -0.2) is 4.39 Å². The maximum absolute atomic E-state index is 13.8. The maximum Gasteiger partial charge on any atom is 0.257 e. The molecule has 6 heteroatoms. The zero-order valence-corrected chi connectivity index (χ0v) is 12.8. The van der Waals surface area contributed by atoms with E-state index in [1.165, 1.54) is 12.3 Å². The molecule has 0 aromatic carbocycles. The van der Waals surface area contributed by atoms with Crippen LogP contribution in [0.5, 0.6) is 0 Å². The van der Waals surface area contributed by atoms with Crippen molar-refractivity contribution in [1.82, 2.24) is 15.2 Å². The van der Waals surface area contributed by atoms with Crippen molar-refractivity contribution in [1.29, 1.82) is 0 Å². The first-order valence-electron chi connectivity index (χ1n) is 7.71. The molecule has 2 saturated heterocycles. The standard InChI is InChI=1S/C16H20FN3O2/c1-9(2)15(21)19-13-7-10-3-4-14(13)20(10)16(22)11-5-6-18-8-12(11)17/h5-6,8-10,13-14H,3-4,7H2,1-2H3,(H,19,21). The molecule has 2 aliphatic rings. The van der Waals surface area contributed by atoms with Gasteiger partial charge in [-0.05, 0) is 25.3 Å². The molecular formula is C16H20FN3O2. The summed E-state index contributed by atoms with van der Waals surface area (Å²) in [6.45, 7) is 3.69. The van der Waals surface area contributed by atoms with Crippen LogP contribution in [0, 0.1) is 11.7 Å². The van der Waals surface area contributed by atoms with E-state index in [-0.39, 0.29) is 41.4 Å². The fourth-order valence-electron chi connectivity index (χ4n) is 3.50. The van der Waals surface area contributed by atoms with Gasteiger partial charge in [0.25, 0.3) is 5.91 Å². The first-order chi connectivity index (χ1) is 10.5. The highest BCUT2D eigenvalue weighted by atomic mass is 19.1. The Bertz CT molecular complexity index is 605. The summed E-state index contributed by atoms with van der Waals surface area (Å²) < 4.78 is 13.8. The lowest BCUT2D eigenvalue weighted by Crippen LogP contribution is -2.46. The highest BCUT2D eigenvalue weighted by molar-refractivity contribution is 5.95. The van der Waals surface area contributed by atoms with Crippen LogP contribution in [-0.2, 0) is 4.79 Å². The molecule has 0 saturated carbocycles. The third-order valence-electron chi connectivity index (χ3n) is 4.63. The lowest BCUT2D eigenvalue weighted by Gasteiger charge is -2.25. The number of carbonyl (C=O) groups excluding carboxylic acids is 2. The van der Waals surface area contributed by atoms with Gasteiger partial charge in [0.05, 0.1) is 23.8 Å². The van der Waals surface area contributed by atoms with Crippen LogP contribution >= 0.6 is 0 Å². The van der Waals surface area contributed by atoms with Crippen LogP contribution < -0.4 is 5.32 Å². The Balaban J connectivity index is 1.77. The van der Waals surface area contributed by atoms with Gasteiger partial charge in [-0.1, -0.05) is 13.8 Å². The summed E-state index contributed by atoms with van der Waals surface area (Å²) in [4.78, 5) is 30.0. The van der Waals surface area contributed by atoms with Gasteiger partial charge in [0, 0.05) is 18.2 Å². The summed E-state index contributed by atoms with van der Waals surface area (Å²) in [5.41, 5.74) is 0.0581. The van der Waals surface area contributed by atoms with Crippen LogP contribution in [-0.4, -0.2) is 39.8 Å². The summed E-state index contributed by atoms with van der Waals surface area (Å²) in [6.07, 6.45) is 5.00. The minimum Gasteiger partial charge on any atom is -0.351 e. The molecular weight excluding hydrogens is 285 g/mol. The summed E-state index contributed by atoms with van der Waals surface area (Å²) >= 11 is 0. The van der Waals surface area contributed by atoms with Gasteiger partial charge in [0.1, 0.15) is 0 Å². The van der Waals surface area contributed by atoms with Crippen molar-refractivity contribution in [3.63, 3.8) is 0 Å². The molecule has 2 aliphatic heterocycles. The van der Waals surface area contributed by atoms with Gasteiger partial charge in [0.15, 0.2) is 5.82 Å². The summed E-state index contributed by atoms with van der Waals surface area (Å²) in [5, 5.41) is 3.02.